The predicted molar refractivity (Wildman–Crippen MR) is 173 cm³/mol. The maximum Gasteiger partial charge on any atom is 0.336 e. The summed E-state index contributed by atoms with van der Waals surface area (Å²) in [5.74, 6) is -1.42. The molecule has 0 spiro atoms. The van der Waals surface area contributed by atoms with E-state index in [2.05, 4.69) is 23.6 Å². The highest BCUT2D eigenvalue weighted by Crippen LogP contribution is 2.17. The van der Waals surface area contributed by atoms with E-state index in [1.54, 1.807) is 20.2 Å². The lowest BCUT2D eigenvalue weighted by Gasteiger charge is -2.12. The first-order valence-electron chi connectivity index (χ1n) is 14.2. The average Bonchev–Trinajstić information content (AvgIpc) is 3.70. The van der Waals surface area contributed by atoms with Gasteiger partial charge in [-0.1, -0.05) is 0 Å². The first-order valence-corrected chi connectivity index (χ1v) is 16.0. The Morgan fingerprint density at radius 2 is 1.37 bits per heavy atom. The second-order valence-electron chi connectivity index (χ2n) is 10.7. The van der Waals surface area contributed by atoms with Crippen molar-refractivity contribution >= 4 is 56.8 Å². The lowest BCUT2D eigenvalue weighted by atomic mass is 10.2. The Bertz CT molecular complexity index is 2170. The van der Waals surface area contributed by atoms with Gasteiger partial charge in [-0.3, -0.25) is 41.6 Å². The van der Waals surface area contributed by atoms with Crippen molar-refractivity contribution < 1.29 is 41.3 Å². The number of aromatic nitrogens is 6. The summed E-state index contributed by atoms with van der Waals surface area (Å²) in [6.45, 7) is 4.96. The summed E-state index contributed by atoms with van der Waals surface area (Å²) in [4.78, 5) is 101. The van der Waals surface area contributed by atoms with Crippen LogP contribution in [0.1, 0.15) is 39.3 Å². The number of Topliss-reactive ketones (excluding diaryl/α,β-unsaturated/α-hetero) is 2. The zero-order valence-electron chi connectivity index (χ0n) is 28.3. The fraction of sp³-hybridized carbons (Fsp3) is 0.500. The van der Waals surface area contributed by atoms with Crippen LogP contribution in [-0.2, 0) is 76.6 Å². The van der Waals surface area contributed by atoms with E-state index in [-0.39, 0.29) is 35.8 Å². The molecule has 0 N–H and O–H groups in total. The van der Waals surface area contributed by atoms with Crippen molar-refractivity contribution in [2.24, 2.45) is 19.1 Å². The Morgan fingerprint density at radius 3 is 1.86 bits per heavy atom. The van der Waals surface area contributed by atoms with Gasteiger partial charge in [-0.2, -0.15) is 8.42 Å². The number of esters is 2. The first-order chi connectivity index (χ1) is 22.7. The number of ether oxygens (including phenoxy) is 2. The van der Waals surface area contributed by atoms with Crippen molar-refractivity contribution in [3.8, 4) is 0 Å². The molecule has 1 aliphatic rings. The molecule has 0 fully saturated rings. The fourth-order valence-electron chi connectivity index (χ4n) is 4.44. The third kappa shape index (κ3) is 9.41. The Morgan fingerprint density at radius 1 is 0.857 bits per heavy atom. The SMILES string of the molecule is CC(=O)Cn1c(=O)c2c(n(C)c1=O)N=CC2.COC(=O)[C@@H](C)OS(C)(=O)=O.COC(=O)[C@H](C)n1cnc2c1c(=O)n(CC(C)=O)c(=O)n2C. The number of imidazole rings is 1. The first kappa shape index (κ1) is 39.9. The van der Waals surface area contributed by atoms with Crippen molar-refractivity contribution in [2.45, 2.75) is 59.4 Å². The van der Waals surface area contributed by atoms with Gasteiger partial charge < -0.3 is 14.0 Å². The van der Waals surface area contributed by atoms with E-state index in [9.17, 15) is 46.8 Å². The van der Waals surface area contributed by atoms with Gasteiger partial charge in [0.15, 0.2) is 17.3 Å². The van der Waals surface area contributed by atoms with E-state index < -0.39 is 56.7 Å². The highest BCUT2D eigenvalue weighted by molar-refractivity contribution is 7.86. The molecule has 0 saturated carbocycles. The summed E-state index contributed by atoms with van der Waals surface area (Å²) in [6, 6.07) is -0.786. The second-order valence-corrected chi connectivity index (χ2v) is 12.3. The van der Waals surface area contributed by atoms with E-state index in [0.717, 1.165) is 22.5 Å². The summed E-state index contributed by atoms with van der Waals surface area (Å²) in [6.07, 6.45) is 3.09. The van der Waals surface area contributed by atoms with E-state index >= 15 is 0 Å². The van der Waals surface area contributed by atoms with Gasteiger partial charge in [0.05, 0.1) is 45.5 Å². The summed E-state index contributed by atoms with van der Waals surface area (Å²) in [5.41, 5.74) is -1.52. The zero-order valence-corrected chi connectivity index (χ0v) is 29.1. The van der Waals surface area contributed by atoms with Crippen LogP contribution in [0.4, 0.5) is 5.82 Å². The minimum absolute atomic E-state index is 0.0706. The number of methoxy groups -OCH3 is 2. The molecule has 0 unspecified atom stereocenters. The molecular weight excluding hydrogens is 674 g/mol. The molecule has 0 amide bonds. The monoisotopic (exact) mass is 711 g/mol. The quantitative estimate of drug-likeness (QED) is 0.174. The van der Waals surface area contributed by atoms with Crippen molar-refractivity contribution in [3.05, 3.63) is 53.6 Å². The van der Waals surface area contributed by atoms with E-state index in [0.29, 0.717) is 17.8 Å². The van der Waals surface area contributed by atoms with Crippen LogP contribution in [0.15, 0.2) is 30.5 Å². The third-order valence-electron chi connectivity index (χ3n) is 6.75. The minimum Gasteiger partial charge on any atom is -0.467 e. The standard InChI is InChI=1S/C13H16N4O5.C10H11N3O3.C5H10O5S/c1-7(18)5-16-11(19)9-10(15(3)13(16)21)14-6-17(9)8(2)12(20)22-4;1-6(14)5-13-9(15)7-3-4-11-8(7)12(2)10(13)16;1-4(5(6)9-2)10-11(3,7)8/h6,8H,5H2,1-4H3;4H,3,5H2,1-2H3;4H,1-3H3/t8-;;4-/m0.1/s1. The van der Waals surface area contributed by atoms with Crippen LogP contribution < -0.4 is 22.5 Å². The number of fused-ring (bicyclic) bond motifs is 2. The number of aryl methyl sites for hydroxylation is 1. The number of ketones is 2. The van der Waals surface area contributed by atoms with Gasteiger partial charge in [0.2, 0.25) is 0 Å². The molecule has 21 heteroatoms. The molecule has 0 bridgehead atoms. The number of nitrogens with zero attached hydrogens (tertiary/aromatic N) is 7. The number of hydrogen-bond donors (Lipinski definition) is 0. The topological polar surface area (TPSA) is 248 Å². The number of rotatable bonds is 9. The van der Waals surface area contributed by atoms with E-state index in [4.69, 9.17) is 0 Å². The maximum atomic E-state index is 12.5. The third-order valence-corrected chi connectivity index (χ3v) is 7.39. The Labute approximate surface area is 278 Å². The molecule has 1 aliphatic heterocycles. The molecule has 49 heavy (non-hydrogen) atoms. The van der Waals surface area contributed by atoms with Gasteiger partial charge in [0, 0.05) is 26.7 Å². The van der Waals surface area contributed by atoms with Crippen LogP contribution in [0.3, 0.4) is 0 Å². The number of hydrogen-bond acceptors (Lipinski definition) is 15. The number of aliphatic imine (C=N–C) groups is 1. The van der Waals surface area contributed by atoms with Crippen molar-refractivity contribution in [1.29, 1.82) is 0 Å². The molecular formula is C28H37N7O13S. The van der Waals surface area contributed by atoms with Gasteiger partial charge in [-0.15, -0.1) is 0 Å². The molecule has 0 saturated heterocycles. The summed E-state index contributed by atoms with van der Waals surface area (Å²) in [5, 5.41) is 0. The number of carbonyl (C=O) groups is 4. The smallest absolute Gasteiger partial charge is 0.336 e. The van der Waals surface area contributed by atoms with E-state index in [1.807, 2.05) is 0 Å². The predicted octanol–water partition coefficient (Wildman–Crippen LogP) is -1.86. The van der Waals surface area contributed by atoms with Crippen LogP contribution >= 0.6 is 0 Å². The van der Waals surface area contributed by atoms with Crippen molar-refractivity contribution in [2.75, 3.05) is 20.5 Å². The minimum atomic E-state index is -3.58. The molecule has 20 nitrogen and oxygen atoms in total. The van der Waals surface area contributed by atoms with Gasteiger partial charge in [-0.25, -0.2) is 29.2 Å². The van der Waals surface area contributed by atoms with Crippen LogP contribution in [0.5, 0.6) is 0 Å². The van der Waals surface area contributed by atoms with Gasteiger partial charge in [0.1, 0.15) is 23.4 Å². The summed E-state index contributed by atoms with van der Waals surface area (Å²) in [7, 11) is 1.80. The highest BCUT2D eigenvalue weighted by atomic mass is 32.2. The van der Waals surface area contributed by atoms with Gasteiger partial charge in [0.25, 0.3) is 21.2 Å². The summed E-state index contributed by atoms with van der Waals surface area (Å²) < 4.78 is 39.6. The van der Waals surface area contributed by atoms with Gasteiger partial charge in [-0.05, 0) is 27.7 Å². The molecule has 2 atom stereocenters. The molecule has 0 aromatic carbocycles. The number of carbonyl (C=O) groups excluding carboxylic acids is 4. The molecule has 4 rings (SSSR count). The molecule has 0 radical (unpaired) electrons. The molecule has 3 aromatic heterocycles. The summed E-state index contributed by atoms with van der Waals surface area (Å²) >= 11 is 0. The molecule has 3 aromatic rings. The molecule has 0 aliphatic carbocycles. The Hall–Kier alpha value is -5.31. The van der Waals surface area contributed by atoms with Crippen LogP contribution in [-0.4, -0.2) is 92.5 Å². The van der Waals surface area contributed by atoms with Crippen LogP contribution in [0.25, 0.3) is 11.2 Å². The van der Waals surface area contributed by atoms with Crippen LogP contribution in [0, 0.1) is 0 Å². The maximum absolute atomic E-state index is 12.5. The molecule has 4 heterocycles. The fourth-order valence-corrected chi connectivity index (χ4v) is 5.05. The molecule has 268 valence electrons. The Balaban J connectivity index is 0.000000272. The second kappa shape index (κ2) is 16.2. The van der Waals surface area contributed by atoms with Crippen LogP contribution in [0.2, 0.25) is 0 Å². The van der Waals surface area contributed by atoms with E-state index in [1.165, 1.54) is 55.0 Å². The largest absolute Gasteiger partial charge is 0.467 e. The lowest BCUT2D eigenvalue weighted by molar-refractivity contribution is -0.147. The Kier molecular flexibility index (Phi) is 13.2. The van der Waals surface area contributed by atoms with Crippen molar-refractivity contribution in [3.63, 3.8) is 0 Å². The zero-order chi connectivity index (χ0) is 37.5. The van der Waals surface area contributed by atoms with Crippen molar-refractivity contribution in [1.82, 2.24) is 27.8 Å². The van der Waals surface area contributed by atoms with Gasteiger partial charge >= 0.3 is 23.3 Å². The highest BCUT2D eigenvalue weighted by Gasteiger charge is 2.24. The normalized spacial score (nSPS) is 12.9. The lowest BCUT2D eigenvalue weighted by Crippen LogP contribution is -2.41. The average molecular weight is 712 g/mol.